The van der Waals surface area contributed by atoms with Gasteiger partial charge in [0.25, 0.3) is 5.91 Å². The van der Waals surface area contributed by atoms with Gasteiger partial charge < -0.3 is 11.1 Å². The van der Waals surface area contributed by atoms with Crippen molar-refractivity contribution in [2.24, 2.45) is 11.1 Å². The quantitative estimate of drug-likeness (QED) is 0.837. The first-order valence-corrected chi connectivity index (χ1v) is 5.62. The molecule has 1 aromatic rings. The molecule has 0 aliphatic carbocycles. The molecule has 5 nitrogen and oxygen atoms in total. The van der Waals surface area contributed by atoms with E-state index in [-0.39, 0.29) is 11.5 Å². The number of carbonyl (C=O) groups is 1. The Morgan fingerprint density at radius 3 is 2.53 bits per heavy atom. The van der Waals surface area contributed by atoms with Crippen LogP contribution in [0.3, 0.4) is 0 Å². The second-order valence-corrected chi connectivity index (χ2v) is 5.28. The van der Waals surface area contributed by atoms with Gasteiger partial charge in [0.1, 0.15) is 11.6 Å². The Labute approximate surface area is 102 Å². The number of anilines is 1. The summed E-state index contributed by atoms with van der Waals surface area (Å²) in [5, 5.41) is 3.22. The minimum atomic E-state index is -0.520. The molecule has 17 heavy (non-hydrogen) atoms. The summed E-state index contributed by atoms with van der Waals surface area (Å²) in [6.45, 7) is 10.2. The van der Waals surface area contributed by atoms with E-state index in [1.54, 1.807) is 6.92 Å². The lowest BCUT2D eigenvalue weighted by Gasteiger charge is -2.29. The Bertz CT molecular complexity index is 423. The number of rotatable bonds is 3. The topological polar surface area (TPSA) is 80.9 Å². The molecule has 0 fully saturated rings. The minimum Gasteiger partial charge on any atom is -0.366 e. The SMILES string of the molecule is Cc1ncc(C(N)=O)c(N[C@@H](C)C(C)(C)C)n1. The summed E-state index contributed by atoms with van der Waals surface area (Å²) in [5.74, 6) is 0.597. The van der Waals surface area contributed by atoms with E-state index in [0.29, 0.717) is 17.2 Å². The molecule has 0 bridgehead atoms. The molecule has 1 atom stereocenters. The third kappa shape index (κ3) is 3.41. The van der Waals surface area contributed by atoms with Crippen LogP contribution in [0.15, 0.2) is 6.20 Å². The molecule has 0 unspecified atom stereocenters. The Kier molecular flexibility index (Phi) is 3.70. The maximum Gasteiger partial charge on any atom is 0.254 e. The normalized spacial score (nSPS) is 13.2. The third-order valence-electron chi connectivity index (χ3n) is 2.83. The fraction of sp³-hybridized carbons (Fsp3) is 0.583. The molecule has 5 heteroatoms. The number of amides is 1. The van der Waals surface area contributed by atoms with E-state index >= 15 is 0 Å². The number of nitrogens with zero attached hydrogens (tertiary/aromatic N) is 2. The summed E-state index contributed by atoms with van der Waals surface area (Å²) in [5.41, 5.74) is 5.68. The van der Waals surface area contributed by atoms with Gasteiger partial charge >= 0.3 is 0 Å². The largest absolute Gasteiger partial charge is 0.366 e. The molecule has 0 saturated heterocycles. The highest BCUT2D eigenvalue weighted by Gasteiger charge is 2.22. The van der Waals surface area contributed by atoms with Gasteiger partial charge in [0.05, 0.1) is 5.56 Å². The van der Waals surface area contributed by atoms with Crippen molar-refractivity contribution in [1.82, 2.24) is 9.97 Å². The molecule has 94 valence electrons. The summed E-state index contributed by atoms with van der Waals surface area (Å²) in [6.07, 6.45) is 1.46. The molecule has 0 saturated carbocycles. The summed E-state index contributed by atoms with van der Waals surface area (Å²) in [4.78, 5) is 19.5. The van der Waals surface area contributed by atoms with E-state index in [2.05, 4.69) is 36.1 Å². The molecular weight excluding hydrogens is 216 g/mol. The number of hydrogen-bond acceptors (Lipinski definition) is 4. The zero-order valence-corrected chi connectivity index (χ0v) is 11.0. The van der Waals surface area contributed by atoms with E-state index in [0.717, 1.165) is 0 Å². The van der Waals surface area contributed by atoms with Crippen molar-refractivity contribution in [3.63, 3.8) is 0 Å². The molecule has 1 heterocycles. The maximum atomic E-state index is 11.3. The van der Waals surface area contributed by atoms with Crippen LogP contribution in [-0.2, 0) is 0 Å². The van der Waals surface area contributed by atoms with E-state index < -0.39 is 5.91 Å². The van der Waals surface area contributed by atoms with Crippen LogP contribution in [0, 0.1) is 12.3 Å². The molecule has 0 aromatic carbocycles. The van der Waals surface area contributed by atoms with Crippen molar-refractivity contribution in [2.75, 3.05) is 5.32 Å². The predicted molar refractivity (Wildman–Crippen MR) is 67.8 cm³/mol. The monoisotopic (exact) mass is 236 g/mol. The fourth-order valence-corrected chi connectivity index (χ4v) is 1.18. The van der Waals surface area contributed by atoms with Crippen LogP contribution < -0.4 is 11.1 Å². The van der Waals surface area contributed by atoms with Gasteiger partial charge in [-0.15, -0.1) is 0 Å². The summed E-state index contributed by atoms with van der Waals surface area (Å²) >= 11 is 0. The number of primary amides is 1. The zero-order chi connectivity index (χ0) is 13.2. The van der Waals surface area contributed by atoms with Crippen molar-refractivity contribution in [1.29, 1.82) is 0 Å². The highest BCUT2D eigenvalue weighted by molar-refractivity contribution is 5.97. The van der Waals surface area contributed by atoms with Gasteiger partial charge in [-0.05, 0) is 19.3 Å². The van der Waals surface area contributed by atoms with Crippen LogP contribution in [0.1, 0.15) is 43.9 Å². The lowest BCUT2D eigenvalue weighted by molar-refractivity contribution is 0.1000. The summed E-state index contributed by atoms with van der Waals surface area (Å²) in [6, 6.07) is 0.162. The van der Waals surface area contributed by atoms with E-state index in [4.69, 9.17) is 5.73 Å². The van der Waals surface area contributed by atoms with Gasteiger partial charge in [-0.3, -0.25) is 4.79 Å². The van der Waals surface area contributed by atoms with Crippen molar-refractivity contribution in [3.8, 4) is 0 Å². The van der Waals surface area contributed by atoms with Gasteiger partial charge in [0, 0.05) is 12.2 Å². The van der Waals surface area contributed by atoms with Gasteiger partial charge in [-0.1, -0.05) is 20.8 Å². The second kappa shape index (κ2) is 4.69. The van der Waals surface area contributed by atoms with Crippen LogP contribution in [0.2, 0.25) is 0 Å². The van der Waals surface area contributed by atoms with Crippen molar-refractivity contribution >= 4 is 11.7 Å². The average molecular weight is 236 g/mol. The molecular formula is C12H20N4O. The van der Waals surface area contributed by atoms with Crippen LogP contribution in [0.4, 0.5) is 5.82 Å². The number of nitrogens with two attached hydrogens (primary N) is 1. The minimum absolute atomic E-state index is 0.0633. The number of aromatic nitrogens is 2. The standard InChI is InChI=1S/C12H20N4O/c1-7(12(3,4)5)15-11-9(10(13)17)6-14-8(2)16-11/h6-7H,1-5H3,(H2,13,17)(H,14,15,16)/t7-/m0/s1. The molecule has 0 aliphatic heterocycles. The van der Waals surface area contributed by atoms with E-state index in [1.807, 2.05) is 6.92 Å². The Morgan fingerprint density at radius 1 is 1.47 bits per heavy atom. The first kappa shape index (κ1) is 13.4. The second-order valence-electron chi connectivity index (χ2n) is 5.28. The number of nitrogens with one attached hydrogen (secondary N) is 1. The zero-order valence-electron chi connectivity index (χ0n) is 11.0. The molecule has 1 aromatic heterocycles. The average Bonchev–Trinajstić information content (AvgIpc) is 2.15. The Balaban J connectivity index is 3.04. The number of carbonyl (C=O) groups excluding carboxylic acids is 1. The van der Waals surface area contributed by atoms with Crippen LogP contribution in [-0.4, -0.2) is 21.9 Å². The Morgan fingerprint density at radius 2 is 2.06 bits per heavy atom. The van der Waals surface area contributed by atoms with Gasteiger partial charge in [0.15, 0.2) is 0 Å². The highest BCUT2D eigenvalue weighted by Crippen LogP contribution is 2.23. The summed E-state index contributed by atoms with van der Waals surface area (Å²) < 4.78 is 0. The van der Waals surface area contributed by atoms with Gasteiger partial charge in [-0.25, -0.2) is 9.97 Å². The lowest BCUT2D eigenvalue weighted by atomic mass is 9.88. The fourth-order valence-electron chi connectivity index (χ4n) is 1.18. The van der Waals surface area contributed by atoms with Crippen molar-refractivity contribution < 1.29 is 4.79 Å². The molecule has 0 spiro atoms. The number of hydrogen-bond donors (Lipinski definition) is 2. The smallest absolute Gasteiger partial charge is 0.254 e. The Hall–Kier alpha value is -1.65. The first-order chi connectivity index (χ1) is 7.71. The van der Waals surface area contributed by atoms with Gasteiger partial charge in [-0.2, -0.15) is 0 Å². The lowest BCUT2D eigenvalue weighted by Crippen LogP contribution is -2.32. The van der Waals surface area contributed by atoms with Crippen LogP contribution >= 0.6 is 0 Å². The molecule has 0 radical (unpaired) electrons. The molecule has 0 aliphatic rings. The third-order valence-corrected chi connectivity index (χ3v) is 2.83. The predicted octanol–water partition coefficient (Wildman–Crippen LogP) is 1.73. The highest BCUT2D eigenvalue weighted by atomic mass is 16.1. The molecule has 1 amide bonds. The summed E-state index contributed by atoms with van der Waals surface area (Å²) in [7, 11) is 0. The maximum absolute atomic E-state index is 11.3. The van der Waals surface area contributed by atoms with E-state index in [9.17, 15) is 4.79 Å². The first-order valence-electron chi connectivity index (χ1n) is 5.62. The molecule has 3 N–H and O–H groups in total. The van der Waals surface area contributed by atoms with Crippen molar-refractivity contribution in [2.45, 2.75) is 40.7 Å². The van der Waals surface area contributed by atoms with E-state index in [1.165, 1.54) is 6.20 Å². The van der Waals surface area contributed by atoms with Gasteiger partial charge in [0.2, 0.25) is 0 Å². The van der Waals surface area contributed by atoms with Crippen molar-refractivity contribution in [3.05, 3.63) is 17.6 Å². The van der Waals surface area contributed by atoms with Crippen LogP contribution in [0.25, 0.3) is 0 Å². The molecule has 1 rings (SSSR count). The van der Waals surface area contributed by atoms with Crippen LogP contribution in [0.5, 0.6) is 0 Å². The number of aryl methyl sites for hydroxylation is 1.